The molecule has 2 atom stereocenters. The van der Waals surface area contributed by atoms with Gasteiger partial charge in [0.2, 0.25) is 0 Å². The average molecular weight is 143 g/mol. The lowest BCUT2D eigenvalue weighted by atomic mass is 10.2. The summed E-state index contributed by atoms with van der Waals surface area (Å²) in [5.41, 5.74) is 0. The molecule has 0 aliphatic carbocycles. The van der Waals surface area contributed by atoms with E-state index in [9.17, 15) is 0 Å². The molecular weight excluding hydrogens is 126 g/mol. The molecule has 2 heteroatoms. The molecule has 1 aliphatic rings. The number of hydrogen-bond donors (Lipinski definition) is 1. The zero-order chi connectivity index (χ0) is 7.40. The molecule has 60 valence electrons. The molecule has 1 N–H and O–H groups in total. The molecule has 0 saturated carbocycles. The summed E-state index contributed by atoms with van der Waals surface area (Å²) in [5, 5.41) is 3.35. The quantitative estimate of drug-likeness (QED) is 0.640. The van der Waals surface area contributed by atoms with Crippen molar-refractivity contribution in [1.29, 1.82) is 0 Å². The number of hydrogen-bond acceptors (Lipinski definition) is 2. The predicted octanol–water partition coefficient (Wildman–Crippen LogP) is 1.16. The summed E-state index contributed by atoms with van der Waals surface area (Å²) in [4.78, 5) is 0. The van der Waals surface area contributed by atoms with Crippen LogP contribution in [0.4, 0.5) is 0 Å². The van der Waals surface area contributed by atoms with Gasteiger partial charge in [0.05, 0.1) is 6.10 Å². The van der Waals surface area contributed by atoms with Crippen LogP contribution < -0.4 is 5.32 Å². The fourth-order valence-corrected chi connectivity index (χ4v) is 1.31. The van der Waals surface area contributed by atoms with Crippen LogP contribution in [0, 0.1) is 0 Å². The van der Waals surface area contributed by atoms with Crippen LogP contribution in [0.5, 0.6) is 0 Å². The van der Waals surface area contributed by atoms with Crippen molar-refractivity contribution in [2.75, 3.05) is 13.2 Å². The molecule has 0 bridgehead atoms. The smallest absolute Gasteiger partial charge is 0.0714 e. The summed E-state index contributed by atoms with van der Waals surface area (Å²) in [6.45, 7) is 6.31. The van der Waals surface area contributed by atoms with Gasteiger partial charge in [-0.2, -0.15) is 0 Å². The molecule has 0 aromatic heterocycles. The molecule has 0 spiro atoms. The Labute approximate surface area is 63.0 Å². The Hall–Kier alpha value is -0.0800. The summed E-state index contributed by atoms with van der Waals surface area (Å²) in [5.74, 6) is 0. The molecule has 0 aromatic carbocycles. The first-order chi connectivity index (χ1) is 4.83. The highest BCUT2D eigenvalue weighted by Gasteiger charge is 2.20. The molecule has 10 heavy (non-hydrogen) atoms. The second-order valence-electron chi connectivity index (χ2n) is 3.04. The zero-order valence-electron chi connectivity index (χ0n) is 6.89. The fourth-order valence-electron chi connectivity index (χ4n) is 1.31. The van der Waals surface area contributed by atoms with E-state index in [1.54, 1.807) is 0 Å². The van der Waals surface area contributed by atoms with Crippen LogP contribution in [0.1, 0.15) is 26.7 Å². The van der Waals surface area contributed by atoms with Crippen molar-refractivity contribution in [2.24, 2.45) is 0 Å². The van der Waals surface area contributed by atoms with Crippen LogP contribution in [0.2, 0.25) is 0 Å². The van der Waals surface area contributed by atoms with Gasteiger partial charge in [-0.3, -0.25) is 0 Å². The van der Waals surface area contributed by atoms with Crippen LogP contribution in [0.3, 0.4) is 0 Å². The molecule has 0 unspecified atom stereocenters. The minimum Gasteiger partial charge on any atom is -0.377 e. The van der Waals surface area contributed by atoms with Crippen molar-refractivity contribution in [1.82, 2.24) is 5.32 Å². The lowest BCUT2D eigenvalue weighted by molar-refractivity contribution is 0.0662. The third kappa shape index (κ3) is 2.27. The minimum absolute atomic E-state index is 0.481. The van der Waals surface area contributed by atoms with E-state index in [0.717, 1.165) is 19.6 Å². The van der Waals surface area contributed by atoms with Crippen LogP contribution in [-0.2, 0) is 4.74 Å². The highest BCUT2D eigenvalue weighted by Crippen LogP contribution is 2.09. The Morgan fingerprint density at radius 1 is 1.60 bits per heavy atom. The van der Waals surface area contributed by atoms with Gasteiger partial charge < -0.3 is 10.1 Å². The standard InChI is InChI=1S/C8H17NO/c1-3-4-10-8-5-7(2)9-6-8/h7-9H,3-6H2,1-2H3/t7-,8+/m0/s1. The molecule has 1 fully saturated rings. The molecule has 1 heterocycles. The summed E-state index contributed by atoms with van der Waals surface area (Å²) in [6.07, 6.45) is 2.79. The van der Waals surface area contributed by atoms with Gasteiger partial charge in [-0.25, -0.2) is 0 Å². The maximum absolute atomic E-state index is 5.56. The first-order valence-electron chi connectivity index (χ1n) is 4.18. The van der Waals surface area contributed by atoms with Crippen molar-refractivity contribution >= 4 is 0 Å². The summed E-state index contributed by atoms with van der Waals surface area (Å²) < 4.78 is 5.56. The first-order valence-corrected chi connectivity index (χ1v) is 4.18. The topological polar surface area (TPSA) is 21.3 Å². The molecule has 1 saturated heterocycles. The molecule has 1 aliphatic heterocycles. The van der Waals surface area contributed by atoms with Crippen molar-refractivity contribution in [2.45, 2.75) is 38.8 Å². The van der Waals surface area contributed by atoms with Crippen LogP contribution >= 0.6 is 0 Å². The first kappa shape index (κ1) is 8.02. The number of nitrogens with one attached hydrogen (secondary N) is 1. The van der Waals surface area contributed by atoms with Gasteiger partial charge in [0.15, 0.2) is 0 Å². The largest absolute Gasteiger partial charge is 0.377 e. The third-order valence-electron chi connectivity index (χ3n) is 1.87. The van der Waals surface area contributed by atoms with Crippen LogP contribution in [0.15, 0.2) is 0 Å². The molecule has 2 nitrogen and oxygen atoms in total. The van der Waals surface area contributed by atoms with Gasteiger partial charge in [-0.1, -0.05) is 6.92 Å². The van der Waals surface area contributed by atoms with E-state index < -0.39 is 0 Å². The lowest BCUT2D eigenvalue weighted by Crippen LogP contribution is -2.19. The normalized spacial score (nSPS) is 33.0. The SMILES string of the molecule is CCCO[C@H]1CN[C@@H](C)C1. The third-order valence-corrected chi connectivity index (χ3v) is 1.87. The Bertz CT molecular complexity index is 95.3. The second-order valence-corrected chi connectivity index (χ2v) is 3.04. The average Bonchev–Trinajstić information content (AvgIpc) is 2.31. The van der Waals surface area contributed by atoms with E-state index in [2.05, 4.69) is 19.2 Å². The molecule has 0 amide bonds. The van der Waals surface area contributed by atoms with E-state index in [1.807, 2.05) is 0 Å². The van der Waals surface area contributed by atoms with Gasteiger partial charge >= 0.3 is 0 Å². The Morgan fingerprint density at radius 3 is 2.90 bits per heavy atom. The monoisotopic (exact) mass is 143 g/mol. The van der Waals surface area contributed by atoms with Gasteiger partial charge in [-0.15, -0.1) is 0 Å². The number of rotatable bonds is 3. The van der Waals surface area contributed by atoms with Gasteiger partial charge in [-0.05, 0) is 19.8 Å². The molecular formula is C8H17NO. The summed E-state index contributed by atoms with van der Waals surface area (Å²) in [7, 11) is 0. The van der Waals surface area contributed by atoms with E-state index in [-0.39, 0.29) is 0 Å². The van der Waals surface area contributed by atoms with E-state index in [0.29, 0.717) is 12.1 Å². The van der Waals surface area contributed by atoms with Gasteiger partial charge in [0.25, 0.3) is 0 Å². The van der Waals surface area contributed by atoms with E-state index >= 15 is 0 Å². The number of ether oxygens (including phenoxy) is 1. The maximum atomic E-state index is 5.56. The lowest BCUT2D eigenvalue weighted by Gasteiger charge is -2.08. The Kier molecular flexibility index (Phi) is 3.16. The van der Waals surface area contributed by atoms with E-state index in [4.69, 9.17) is 4.74 Å². The van der Waals surface area contributed by atoms with E-state index in [1.165, 1.54) is 6.42 Å². The van der Waals surface area contributed by atoms with Gasteiger partial charge in [0.1, 0.15) is 0 Å². The molecule has 0 radical (unpaired) electrons. The second kappa shape index (κ2) is 3.94. The summed E-state index contributed by atoms with van der Waals surface area (Å²) in [6, 6.07) is 0.654. The Balaban J connectivity index is 2.06. The minimum atomic E-state index is 0.481. The highest BCUT2D eigenvalue weighted by molar-refractivity contribution is 4.78. The Morgan fingerprint density at radius 2 is 2.40 bits per heavy atom. The van der Waals surface area contributed by atoms with Crippen molar-refractivity contribution in [3.8, 4) is 0 Å². The van der Waals surface area contributed by atoms with Crippen LogP contribution in [0.25, 0.3) is 0 Å². The zero-order valence-corrected chi connectivity index (χ0v) is 6.89. The maximum Gasteiger partial charge on any atom is 0.0714 e. The van der Waals surface area contributed by atoms with Crippen molar-refractivity contribution in [3.05, 3.63) is 0 Å². The highest BCUT2D eigenvalue weighted by atomic mass is 16.5. The van der Waals surface area contributed by atoms with Gasteiger partial charge in [0, 0.05) is 19.2 Å². The fraction of sp³-hybridized carbons (Fsp3) is 1.00. The predicted molar refractivity (Wildman–Crippen MR) is 42.1 cm³/mol. The van der Waals surface area contributed by atoms with Crippen molar-refractivity contribution in [3.63, 3.8) is 0 Å². The van der Waals surface area contributed by atoms with Crippen molar-refractivity contribution < 1.29 is 4.74 Å². The molecule has 0 aromatic rings. The molecule has 1 rings (SSSR count). The summed E-state index contributed by atoms with van der Waals surface area (Å²) >= 11 is 0. The van der Waals surface area contributed by atoms with Crippen LogP contribution in [-0.4, -0.2) is 25.3 Å².